The van der Waals surface area contributed by atoms with Crippen molar-refractivity contribution >= 4 is 66.8 Å². The van der Waals surface area contributed by atoms with Crippen LogP contribution in [0, 0.1) is 0 Å². The molecule has 128 valence electrons. The second-order valence-electron chi connectivity index (χ2n) is 6.07. The molecule has 23 heavy (non-hydrogen) atoms. The monoisotopic (exact) mass is 363 g/mol. The second-order valence-corrected chi connectivity index (χ2v) is 6.07. The average molecular weight is 364 g/mol. The minimum atomic E-state index is -0.903. The van der Waals surface area contributed by atoms with E-state index in [0.717, 1.165) is 12.8 Å². The summed E-state index contributed by atoms with van der Waals surface area (Å²) in [6, 6.07) is 0. The molecule has 0 aromatic carbocycles. The van der Waals surface area contributed by atoms with Crippen LogP contribution in [0.1, 0.15) is 110 Å². The summed E-state index contributed by atoms with van der Waals surface area (Å²) in [5.74, 6) is -0.903. The van der Waals surface area contributed by atoms with Gasteiger partial charge in [0.2, 0.25) is 0 Å². The fourth-order valence-corrected chi connectivity index (χ4v) is 2.64. The fourth-order valence-electron chi connectivity index (χ4n) is 2.64. The fraction of sp³-hybridized carbons (Fsp3) is 0.944. The van der Waals surface area contributed by atoms with Crippen molar-refractivity contribution in [1.82, 2.24) is 0 Å². The third kappa shape index (κ3) is 31.7. The molecule has 0 heterocycles. The van der Waals surface area contributed by atoms with E-state index in [2.05, 4.69) is 6.92 Å². The van der Waals surface area contributed by atoms with Crippen molar-refractivity contribution < 1.29 is 15.4 Å². The maximum Gasteiger partial charge on any atom is 2.00 e. The number of aliphatic carboxylic acids is 1. The third-order valence-corrected chi connectivity index (χ3v) is 3.98. The van der Waals surface area contributed by atoms with Crippen LogP contribution in [-0.2, 0) is 10.3 Å². The van der Waals surface area contributed by atoms with E-state index in [1.54, 1.807) is 0 Å². The van der Waals surface area contributed by atoms with E-state index in [4.69, 9.17) is 0 Å². The predicted molar refractivity (Wildman–Crippen MR) is 96.7 cm³/mol. The van der Waals surface area contributed by atoms with E-state index in [0.29, 0.717) is 0 Å². The van der Waals surface area contributed by atoms with Crippen LogP contribution in [0.15, 0.2) is 0 Å². The van der Waals surface area contributed by atoms with Crippen LogP contribution in [0.3, 0.4) is 0 Å². The average Bonchev–Trinajstić information content (AvgIpc) is 2.43. The first kappa shape index (κ1) is 32.2. The van der Waals surface area contributed by atoms with Gasteiger partial charge in [-0.3, -0.25) is 0 Å². The minimum Gasteiger partial charge on any atom is -2.00 e. The molecule has 0 aliphatic rings. The Labute approximate surface area is 190 Å². The molecule has 0 aromatic heterocycles. The molecule has 0 amide bonds. The molecule has 5 heteroatoms. The first-order chi connectivity index (χ1) is 9.77. The number of hydrogen-bond acceptors (Lipinski definition) is 2. The third-order valence-electron chi connectivity index (χ3n) is 3.98. The van der Waals surface area contributed by atoms with Gasteiger partial charge in [-0.25, -0.2) is 0 Å². The van der Waals surface area contributed by atoms with Gasteiger partial charge in [0.05, 0.1) is 0 Å². The molecule has 0 saturated heterocycles. The van der Waals surface area contributed by atoms with Crippen LogP contribution in [0.25, 0.3) is 0 Å². The number of hydrogen-bond donors (Lipinski definition) is 0. The van der Waals surface area contributed by atoms with E-state index >= 15 is 0 Å². The summed E-state index contributed by atoms with van der Waals surface area (Å²) in [5.41, 5.74) is 0. The number of unbranched alkanes of at least 4 members (excludes halogenated alkanes) is 14. The van der Waals surface area contributed by atoms with Gasteiger partial charge < -0.3 is 15.4 Å². The van der Waals surface area contributed by atoms with Crippen LogP contribution in [-0.4, -0.2) is 66.8 Å². The zero-order valence-electron chi connectivity index (χ0n) is 15.5. The summed E-state index contributed by atoms with van der Waals surface area (Å²) in [7, 11) is 0. The molecule has 3 nitrogen and oxygen atoms in total. The molecule has 0 rings (SSSR count). The Hall–Kier alpha value is 1.46. The van der Waals surface area contributed by atoms with Gasteiger partial charge in [-0.2, -0.15) is 0 Å². The molecule has 0 atom stereocenters. The van der Waals surface area contributed by atoms with Crippen LogP contribution < -0.4 is 5.11 Å². The van der Waals surface area contributed by atoms with Crippen molar-refractivity contribution in [3.63, 3.8) is 0 Å². The van der Waals surface area contributed by atoms with Crippen molar-refractivity contribution in [2.24, 2.45) is 0 Å². The van der Waals surface area contributed by atoms with Crippen LogP contribution >= 0.6 is 0 Å². The van der Waals surface area contributed by atoms with Gasteiger partial charge in [-0.1, -0.05) is 96.8 Å². The Morgan fingerprint density at radius 3 is 1.17 bits per heavy atom. The zero-order valence-corrected chi connectivity index (χ0v) is 19.1. The van der Waals surface area contributed by atoms with Crippen LogP contribution in [0.2, 0.25) is 0 Å². The van der Waals surface area contributed by atoms with Crippen molar-refractivity contribution in [3.05, 3.63) is 0 Å². The van der Waals surface area contributed by atoms with Crippen molar-refractivity contribution in [3.8, 4) is 0 Å². The second kappa shape index (κ2) is 28.3. The Morgan fingerprint density at radius 1 is 0.652 bits per heavy atom. The number of carboxylic acids is 1. The molecule has 0 N–H and O–H groups in total. The van der Waals surface area contributed by atoms with Gasteiger partial charge in [0.1, 0.15) is 0 Å². The quantitative estimate of drug-likeness (QED) is 0.306. The van der Waals surface area contributed by atoms with Crippen LogP contribution in [0.5, 0.6) is 0 Å². The Morgan fingerprint density at radius 2 is 0.913 bits per heavy atom. The molecule has 0 radical (unpaired) electrons. The minimum absolute atomic E-state index is 0. The molecule has 0 unspecified atom stereocenters. The van der Waals surface area contributed by atoms with E-state index < -0.39 is 5.97 Å². The Balaban J connectivity index is -0.000000602. The van der Waals surface area contributed by atoms with E-state index in [-0.39, 0.29) is 72.7 Å². The number of rotatable bonds is 16. The normalized spacial score (nSPS) is 9.43. The zero-order chi connectivity index (χ0) is 14.9. The van der Waals surface area contributed by atoms with Gasteiger partial charge >= 0.3 is 60.8 Å². The first-order valence-corrected chi connectivity index (χ1v) is 8.97. The molecule has 0 bridgehead atoms. The summed E-state index contributed by atoms with van der Waals surface area (Å²) < 4.78 is 0. The smallest absolute Gasteiger partial charge is 2.00 e. The molecule has 0 saturated carbocycles. The molecule has 0 aliphatic heterocycles. The van der Waals surface area contributed by atoms with E-state index in [1.165, 1.54) is 83.5 Å². The molecule has 0 spiro atoms. The summed E-state index contributed by atoms with van der Waals surface area (Å²) in [6.07, 6.45) is 19.9. The van der Waals surface area contributed by atoms with Gasteiger partial charge in [0.25, 0.3) is 0 Å². The predicted octanol–water partition coefficient (Wildman–Crippen LogP) is 4.12. The van der Waals surface area contributed by atoms with E-state index in [1.807, 2.05) is 0 Å². The molecule has 0 aliphatic carbocycles. The Bertz CT molecular complexity index is 216. The summed E-state index contributed by atoms with van der Waals surface area (Å²) in [5, 5.41) is 10.2. The maximum atomic E-state index is 10.2. The number of carbonyl (C=O) groups is 1. The van der Waals surface area contributed by atoms with Crippen molar-refractivity contribution in [2.75, 3.05) is 0 Å². The van der Waals surface area contributed by atoms with Crippen LogP contribution in [0.4, 0.5) is 0 Å². The maximum absolute atomic E-state index is 10.2. The first-order valence-electron chi connectivity index (χ1n) is 8.97. The number of carbonyl (C=O) groups excluding carboxylic acids is 1. The SMILES string of the molecule is CCCCCCCCCCCCCCCCCC(=O)[O-].[Ca+2].[Mg+2].[O-2]. The van der Waals surface area contributed by atoms with Gasteiger partial charge in [-0.15, -0.1) is 0 Å². The van der Waals surface area contributed by atoms with Gasteiger partial charge in [0, 0.05) is 5.97 Å². The summed E-state index contributed by atoms with van der Waals surface area (Å²) in [6.45, 7) is 2.27. The molecular formula is C18H35CaMgO3+. The Kier molecular flexibility index (Phi) is 39.5. The van der Waals surface area contributed by atoms with Crippen molar-refractivity contribution in [1.29, 1.82) is 0 Å². The number of carboxylic acid groups (broad SMARTS) is 1. The summed E-state index contributed by atoms with van der Waals surface area (Å²) in [4.78, 5) is 10.2. The largest absolute Gasteiger partial charge is 2.00 e. The summed E-state index contributed by atoms with van der Waals surface area (Å²) >= 11 is 0. The van der Waals surface area contributed by atoms with Gasteiger partial charge in [-0.05, 0) is 12.8 Å². The molecule has 0 aromatic rings. The topological polar surface area (TPSA) is 68.6 Å². The molecule has 0 fully saturated rings. The van der Waals surface area contributed by atoms with E-state index in [9.17, 15) is 9.90 Å². The molecular weight excluding hydrogens is 329 g/mol. The van der Waals surface area contributed by atoms with Crippen molar-refractivity contribution in [2.45, 2.75) is 110 Å². The van der Waals surface area contributed by atoms with Gasteiger partial charge in [0.15, 0.2) is 0 Å². The standard InChI is InChI=1S/C18H36O2.Ca.Mg.O/c1-2-3-4-5-6-7-8-9-10-11-12-13-14-15-16-17-18(19)20;;;/h2-17H2,1H3,(H,19,20);;;/q;2*+2;-2/p-1.